The number of ether oxygens (including phenoxy) is 2. The second-order valence-electron chi connectivity index (χ2n) is 6.29. The Morgan fingerprint density at radius 1 is 1.20 bits per heavy atom. The number of nitrogens with zero attached hydrogens (tertiary/aromatic N) is 4. The van der Waals surface area contributed by atoms with Crippen LogP contribution in [-0.4, -0.2) is 33.5 Å². The molecule has 0 aliphatic heterocycles. The lowest BCUT2D eigenvalue weighted by Gasteiger charge is -2.11. The van der Waals surface area contributed by atoms with Crippen molar-refractivity contribution >= 4 is 11.0 Å². The van der Waals surface area contributed by atoms with Crippen molar-refractivity contribution in [3.05, 3.63) is 30.7 Å². The number of hydrogen-bond donors (Lipinski definition) is 0. The Balaban J connectivity index is 1.84. The lowest BCUT2D eigenvalue weighted by molar-refractivity contribution is 0.311. The van der Waals surface area contributed by atoms with Crippen LogP contribution in [0.15, 0.2) is 30.7 Å². The van der Waals surface area contributed by atoms with Gasteiger partial charge in [0.2, 0.25) is 0 Å². The maximum Gasteiger partial charge on any atom is 0.162 e. The second kappa shape index (κ2) is 6.70. The Bertz CT molecular complexity index is 884. The molecule has 4 rings (SSSR count). The lowest BCUT2D eigenvalue weighted by atomic mass is 10.1. The van der Waals surface area contributed by atoms with Crippen molar-refractivity contribution in [2.24, 2.45) is 0 Å². The second-order valence-corrected chi connectivity index (χ2v) is 6.29. The normalized spacial score (nSPS) is 15.0. The van der Waals surface area contributed by atoms with Crippen LogP contribution in [0.2, 0.25) is 0 Å². The van der Waals surface area contributed by atoms with Crippen LogP contribution >= 0.6 is 0 Å². The molecule has 0 atom stereocenters. The lowest BCUT2D eigenvalue weighted by Crippen LogP contribution is -2.07. The largest absolute Gasteiger partial charge is 0.493 e. The molecule has 2 heterocycles. The fourth-order valence-electron chi connectivity index (χ4n) is 3.59. The van der Waals surface area contributed by atoms with Crippen LogP contribution in [0.25, 0.3) is 22.3 Å². The van der Waals surface area contributed by atoms with Gasteiger partial charge in [-0.15, -0.1) is 0 Å². The Labute approximate surface area is 146 Å². The molecule has 0 unspecified atom stereocenters. The first-order chi connectivity index (χ1) is 12.3. The SMILES string of the molecule is CCOc1ccc(-c2nn(C3CCCC3)c3ncncc23)cc1OC. The third-order valence-electron chi connectivity index (χ3n) is 4.78. The number of benzene rings is 1. The predicted octanol–water partition coefficient (Wildman–Crippen LogP) is 4.02. The van der Waals surface area contributed by atoms with E-state index in [0.29, 0.717) is 18.4 Å². The van der Waals surface area contributed by atoms with Crippen molar-refractivity contribution in [1.29, 1.82) is 0 Å². The molecule has 6 nitrogen and oxygen atoms in total. The van der Waals surface area contributed by atoms with E-state index in [4.69, 9.17) is 14.6 Å². The van der Waals surface area contributed by atoms with E-state index in [9.17, 15) is 0 Å². The van der Waals surface area contributed by atoms with Crippen LogP contribution < -0.4 is 9.47 Å². The quantitative estimate of drug-likeness (QED) is 0.703. The summed E-state index contributed by atoms with van der Waals surface area (Å²) in [5, 5.41) is 5.88. The molecule has 1 aliphatic rings. The van der Waals surface area contributed by atoms with Crippen molar-refractivity contribution in [2.45, 2.75) is 38.6 Å². The smallest absolute Gasteiger partial charge is 0.162 e. The molecule has 0 amide bonds. The molecule has 0 bridgehead atoms. The first-order valence-electron chi connectivity index (χ1n) is 8.81. The zero-order valence-corrected chi connectivity index (χ0v) is 14.6. The number of rotatable bonds is 5. The monoisotopic (exact) mass is 338 g/mol. The summed E-state index contributed by atoms with van der Waals surface area (Å²) in [7, 11) is 1.65. The Kier molecular flexibility index (Phi) is 4.26. The van der Waals surface area contributed by atoms with E-state index in [1.165, 1.54) is 12.8 Å². The zero-order chi connectivity index (χ0) is 17.2. The summed E-state index contributed by atoms with van der Waals surface area (Å²) in [5.41, 5.74) is 2.78. The van der Waals surface area contributed by atoms with Gasteiger partial charge in [0.15, 0.2) is 17.1 Å². The van der Waals surface area contributed by atoms with E-state index >= 15 is 0 Å². The molecule has 130 valence electrons. The first-order valence-corrected chi connectivity index (χ1v) is 8.81. The predicted molar refractivity (Wildman–Crippen MR) is 96.0 cm³/mol. The van der Waals surface area contributed by atoms with Gasteiger partial charge in [-0.25, -0.2) is 14.6 Å². The van der Waals surface area contributed by atoms with E-state index in [-0.39, 0.29) is 0 Å². The van der Waals surface area contributed by atoms with Gasteiger partial charge in [0.1, 0.15) is 12.0 Å². The number of aromatic nitrogens is 4. The van der Waals surface area contributed by atoms with Crippen molar-refractivity contribution < 1.29 is 9.47 Å². The van der Waals surface area contributed by atoms with Gasteiger partial charge >= 0.3 is 0 Å². The van der Waals surface area contributed by atoms with E-state index in [2.05, 4.69) is 14.6 Å². The van der Waals surface area contributed by atoms with Gasteiger partial charge in [-0.3, -0.25) is 0 Å². The summed E-state index contributed by atoms with van der Waals surface area (Å²) in [4.78, 5) is 8.70. The minimum absolute atomic E-state index is 0.427. The molecule has 0 saturated heterocycles. The number of fused-ring (bicyclic) bond motifs is 1. The molecule has 6 heteroatoms. The highest BCUT2D eigenvalue weighted by atomic mass is 16.5. The van der Waals surface area contributed by atoms with E-state index in [0.717, 1.165) is 40.9 Å². The van der Waals surface area contributed by atoms with Crippen LogP contribution in [0.5, 0.6) is 11.5 Å². The fraction of sp³-hybridized carbons (Fsp3) is 0.421. The third-order valence-corrected chi connectivity index (χ3v) is 4.78. The van der Waals surface area contributed by atoms with Gasteiger partial charge in [0.05, 0.1) is 25.1 Å². The third kappa shape index (κ3) is 2.81. The van der Waals surface area contributed by atoms with Gasteiger partial charge in [0.25, 0.3) is 0 Å². The first kappa shape index (κ1) is 15.9. The number of methoxy groups -OCH3 is 1. The van der Waals surface area contributed by atoms with E-state index in [1.54, 1.807) is 13.4 Å². The minimum atomic E-state index is 0.427. The fourth-order valence-corrected chi connectivity index (χ4v) is 3.59. The van der Waals surface area contributed by atoms with Crippen LogP contribution in [0.1, 0.15) is 38.6 Å². The molecule has 0 spiro atoms. The van der Waals surface area contributed by atoms with E-state index < -0.39 is 0 Å². The van der Waals surface area contributed by atoms with Crippen LogP contribution in [0.4, 0.5) is 0 Å². The molecular weight excluding hydrogens is 316 g/mol. The summed E-state index contributed by atoms with van der Waals surface area (Å²) in [6.07, 6.45) is 8.27. The van der Waals surface area contributed by atoms with Crippen LogP contribution in [-0.2, 0) is 0 Å². The molecule has 0 N–H and O–H groups in total. The van der Waals surface area contributed by atoms with Crippen molar-refractivity contribution in [1.82, 2.24) is 19.7 Å². The number of hydrogen-bond acceptors (Lipinski definition) is 5. The van der Waals surface area contributed by atoms with Crippen molar-refractivity contribution in [3.63, 3.8) is 0 Å². The highest BCUT2D eigenvalue weighted by molar-refractivity contribution is 5.91. The summed E-state index contributed by atoms with van der Waals surface area (Å²) in [6, 6.07) is 6.35. The highest BCUT2D eigenvalue weighted by Crippen LogP contribution is 2.37. The minimum Gasteiger partial charge on any atom is -0.493 e. The summed E-state index contributed by atoms with van der Waals surface area (Å²) < 4.78 is 13.2. The molecular formula is C19H22N4O2. The summed E-state index contributed by atoms with van der Waals surface area (Å²) >= 11 is 0. The average molecular weight is 338 g/mol. The maximum atomic E-state index is 5.62. The molecule has 0 radical (unpaired) electrons. The van der Waals surface area contributed by atoms with E-state index in [1.807, 2.05) is 31.3 Å². The molecule has 1 aliphatic carbocycles. The van der Waals surface area contributed by atoms with Gasteiger partial charge in [-0.1, -0.05) is 12.8 Å². The van der Waals surface area contributed by atoms with Crippen molar-refractivity contribution in [3.8, 4) is 22.8 Å². The molecule has 25 heavy (non-hydrogen) atoms. The van der Waals surface area contributed by atoms with Gasteiger partial charge in [-0.2, -0.15) is 5.10 Å². The average Bonchev–Trinajstić information content (AvgIpc) is 3.30. The molecule has 1 fully saturated rings. The molecule has 2 aromatic heterocycles. The van der Waals surface area contributed by atoms with Crippen molar-refractivity contribution in [2.75, 3.05) is 13.7 Å². The highest BCUT2D eigenvalue weighted by Gasteiger charge is 2.23. The zero-order valence-electron chi connectivity index (χ0n) is 14.6. The Hall–Kier alpha value is -2.63. The molecule has 1 aromatic carbocycles. The maximum absolute atomic E-state index is 5.62. The topological polar surface area (TPSA) is 62.1 Å². The van der Waals surface area contributed by atoms with Crippen LogP contribution in [0.3, 0.4) is 0 Å². The summed E-state index contributed by atoms with van der Waals surface area (Å²) in [5.74, 6) is 1.45. The van der Waals surface area contributed by atoms with Gasteiger partial charge < -0.3 is 9.47 Å². The van der Waals surface area contributed by atoms with Crippen LogP contribution in [0, 0.1) is 0 Å². The Morgan fingerprint density at radius 2 is 2.04 bits per heavy atom. The Morgan fingerprint density at radius 3 is 2.80 bits per heavy atom. The summed E-state index contributed by atoms with van der Waals surface area (Å²) in [6.45, 7) is 2.56. The van der Waals surface area contributed by atoms with Gasteiger partial charge in [-0.05, 0) is 38.0 Å². The van der Waals surface area contributed by atoms with Gasteiger partial charge in [0, 0.05) is 11.8 Å². The standard InChI is InChI=1S/C19H22N4O2/c1-3-25-16-9-8-13(10-17(16)24-2)18-15-11-20-12-21-19(15)23(22-18)14-6-4-5-7-14/h8-12,14H,3-7H2,1-2H3. The molecule has 3 aromatic rings. The molecule has 1 saturated carbocycles.